The van der Waals surface area contributed by atoms with Gasteiger partial charge in [-0.05, 0) is 50.5 Å². The summed E-state index contributed by atoms with van der Waals surface area (Å²) in [6.45, 7) is 12.3. The quantitative estimate of drug-likeness (QED) is 0.534. The summed E-state index contributed by atoms with van der Waals surface area (Å²) in [6, 6.07) is -0.774. The van der Waals surface area contributed by atoms with Crippen molar-refractivity contribution < 1.29 is 19.5 Å². The molecule has 0 aromatic heterocycles. The van der Waals surface area contributed by atoms with E-state index in [-0.39, 0.29) is 35.4 Å². The highest BCUT2D eigenvalue weighted by atomic mass is 16.4. The SMILES string of the molecule is C/C(=C\[C@H](C(C)C)N(C)C(=O)[C@@H](NC(=O)[C@H]1CCCCN1C1CCCC1)C(C)(C)C)C(=O)O. The Kier molecular flexibility index (Phi) is 9.53. The molecule has 0 radical (unpaired) electrons. The van der Waals surface area contributed by atoms with Crippen molar-refractivity contribution in [1.82, 2.24) is 15.1 Å². The van der Waals surface area contributed by atoms with Crippen molar-refractivity contribution in [2.24, 2.45) is 11.3 Å². The lowest BCUT2D eigenvalue weighted by Crippen LogP contribution is -2.60. The minimum atomic E-state index is -0.994. The molecule has 0 aromatic carbocycles. The van der Waals surface area contributed by atoms with E-state index < -0.39 is 17.4 Å². The molecule has 1 aliphatic carbocycles. The van der Waals surface area contributed by atoms with E-state index in [0.29, 0.717) is 6.04 Å². The van der Waals surface area contributed by atoms with Crippen LogP contribution in [0.3, 0.4) is 0 Å². The highest BCUT2D eigenvalue weighted by molar-refractivity contribution is 5.91. The zero-order valence-corrected chi connectivity index (χ0v) is 21.7. The number of carboxylic acid groups (broad SMARTS) is 1. The number of amides is 2. The number of likely N-dealkylation sites (tertiary alicyclic amines) is 1. The Bertz CT molecular complexity index is 734. The Morgan fingerprint density at radius 2 is 1.64 bits per heavy atom. The topological polar surface area (TPSA) is 90.0 Å². The molecule has 2 amide bonds. The summed E-state index contributed by atoms with van der Waals surface area (Å²) in [6.07, 6.45) is 9.37. The van der Waals surface area contributed by atoms with E-state index in [0.717, 1.165) is 38.6 Å². The molecule has 33 heavy (non-hydrogen) atoms. The molecule has 0 unspecified atom stereocenters. The van der Waals surface area contributed by atoms with Gasteiger partial charge in [-0.15, -0.1) is 0 Å². The molecule has 1 saturated carbocycles. The molecule has 1 aliphatic heterocycles. The van der Waals surface area contributed by atoms with Crippen molar-refractivity contribution >= 4 is 17.8 Å². The van der Waals surface area contributed by atoms with Gasteiger partial charge in [0.2, 0.25) is 11.8 Å². The third kappa shape index (κ3) is 7.05. The van der Waals surface area contributed by atoms with Crippen molar-refractivity contribution in [3.63, 3.8) is 0 Å². The average Bonchev–Trinajstić information content (AvgIpc) is 3.28. The largest absolute Gasteiger partial charge is 0.478 e. The Labute approximate surface area is 200 Å². The van der Waals surface area contributed by atoms with Crippen LogP contribution in [0.25, 0.3) is 0 Å². The molecule has 7 heteroatoms. The van der Waals surface area contributed by atoms with Crippen molar-refractivity contribution in [3.05, 3.63) is 11.6 Å². The van der Waals surface area contributed by atoms with E-state index in [1.165, 1.54) is 12.8 Å². The van der Waals surface area contributed by atoms with Crippen LogP contribution in [0.2, 0.25) is 0 Å². The van der Waals surface area contributed by atoms with Gasteiger partial charge in [0.25, 0.3) is 0 Å². The Balaban J connectivity index is 2.23. The minimum Gasteiger partial charge on any atom is -0.478 e. The van der Waals surface area contributed by atoms with Crippen molar-refractivity contribution in [2.45, 2.75) is 111 Å². The van der Waals surface area contributed by atoms with Gasteiger partial charge in [0.05, 0.1) is 12.1 Å². The van der Waals surface area contributed by atoms with Crippen LogP contribution in [0.15, 0.2) is 11.6 Å². The maximum atomic E-state index is 13.7. The van der Waals surface area contributed by atoms with Crippen LogP contribution in [0.5, 0.6) is 0 Å². The number of likely N-dealkylation sites (N-methyl/N-ethyl adjacent to an activating group) is 1. The number of aliphatic carboxylic acids is 1. The summed E-state index contributed by atoms with van der Waals surface area (Å²) in [5, 5.41) is 12.4. The first-order valence-corrected chi connectivity index (χ1v) is 12.6. The monoisotopic (exact) mass is 463 g/mol. The molecule has 2 aliphatic rings. The van der Waals surface area contributed by atoms with Gasteiger partial charge < -0.3 is 15.3 Å². The minimum absolute atomic E-state index is 0.0285. The number of rotatable bonds is 8. The molecular formula is C26H45N3O4. The van der Waals surface area contributed by atoms with Crippen LogP contribution < -0.4 is 5.32 Å². The van der Waals surface area contributed by atoms with E-state index in [2.05, 4.69) is 10.2 Å². The van der Waals surface area contributed by atoms with Crippen LogP contribution in [0.1, 0.15) is 86.5 Å². The van der Waals surface area contributed by atoms with Crippen molar-refractivity contribution in [3.8, 4) is 0 Å². The van der Waals surface area contributed by atoms with Gasteiger partial charge >= 0.3 is 5.97 Å². The lowest BCUT2D eigenvalue weighted by Gasteiger charge is -2.41. The standard InChI is InChI=1S/C26H45N3O4/c1-17(2)21(16-18(3)25(32)33)28(7)24(31)22(26(4,5)6)27-23(30)20-14-10-11-15-29(20)19-12-8-9-13-19/h16-17,19-22H,8-15H2,1-7H3,(H,27,30)(H,32,33)/b18-16+/t20-,21-,22-/m1/s1. The highest BCUT2D eigenvalue weighted by Gasteiger charge is 2.40. The third-order valence-electron chi connectivity index (χ3n) is 7.28. The highest BCUT2D eigenvalue weighted by Crippen LogP contribution is 2.30. The van der Waals surface area contributed by atoms with Gasteiger partial charge in [-0.25, -0.2) is 4.79 Å². The molecule has 2 fully saturated rings. The van der Waals surface area contributed by atoms with E-state index in [1.807, 2.05) is 34.6 Å². The molecule has 1 saturated heterocycles. The second-order valence-electron chi connectivity index (χ2n) is 11.3. The normalized spacial score (nSPS) is 22.8. The zero-order chi connectivity index (χ0) is 24.9. The molecule has 3 atom stereocenters. The number of nitrogens with one attached hydrogen (secondary N) is 1. The first-order valence-electron chi connectivity index (χ1n) is 12.6. The Morgan fingerprint density at radius 1 is 1.06 bits per heavy atom. The molecule has 7 nitrogen and oxygen atoms in total. The first kappa shape index (κ1) is 27.4. The molecule has 0 bridgehead atoms. The molecule has 0 spiro atoms. The summed E-state index contributed by atoms with van der Waals surface area (Å²) in [7, 11) is 1.70. The first-order chi connectivity index (χ1) is 15.3. The molecular weight excluding hydrogens is 418 g/mol. The van der Waals surface area contributed by atoms with Crippen molar-refractivity contribution in [2.75, 3.05) is 13.6 Å². The maximum Gasteiger partial charge on any atom is 0.331 e. The van der Waals surface area contributed by atoms with Crippen LogP contribution >= 0.6 is 0 Å². The summed E-state index contributed by atoms with van der Waals surface area (Å²) in [4.78, 5) is 42.5. The second kappa shape index (κ2) is 11.5. The molecule has 188 valence electrons. The van der Waals surface area contributed by atoms with Gasteiger partial charge in [0.1, 0.15) is 6.04 Å². The number of carbonyl (C=O) groups is 3. The predicted octanol–water partition coefficient (Wildman–Crippen LogP) is 3.83. The molecule has 2 N–H and O–H groups in total. The van der Waals surface area contributed by atoms with Crippen LogP contribution in [-0.4, -0.2) is 70.4 Å². The number of hydrogen-bond acceptors (Lipinski definition) is 4. The summed E-state index contributed by atoms with van der Waals surface area (Å²) in [5.74, 6) is -1.21. The zero-order valence-electron chi connectivity index (χ0n) is 21.7. The van der Waals surface area contributed by atoms with E-state index >= 15 is 0 Å². The van der Waals surface area contributed by atoms with Gasteiger partial charge in [-0.1, -0.05) is 60.0 Å². The number of nitrogens with zero attached hydrogens (tertiary/aromatic N) is 2. The Morgan fingerprint density at radius 3 is 2.15 bits per heavy atom. The number of hydrogen-bond donors (Lipinski definition) is 2. The second-order valence-corrected chi connectivity index (χ2v) is 11.3. The number of piperidine rings is 1. The van der Waals surface area contributed by atoms with Gasteiger partial charge in [0, 0.05) is 18.7 Å². The number of carbonyl (C=O) groups excluding carboxylic acids is 2. The smallest absolute Gasteiger partial charge is 0.331 e. The predicted molar refractivity (Wildman–Crippen MR) is 131 cm³/mol. The lowest BCUT2D eigenvalue weighted by molar-refractivity contribution is -0.142. The molecule has 2 rings (SSSR count). The molecule has 0 aromatic rings. The average molecular weight is 464 g/mol. The Hall–Kier alpha value is -1.89. The third-order valence-corrected chi connectivity index (χ3v) is 7.28. The van der Waals surface area contributed by atoms with Crippen LogP contribution in [0, 0.1) is 11.3 Å². The van der Waals surface area contributed by atoms with E-state index in [1.54, 1.807) is 24.9 Å². The fourth-order valence-corrected chi connectivity index (χ4v) is 5.22. The van der Waals surface area contributed by atoms with Crippen molar-refractivity contribution in [1.29, 1.82) is 0 Å². The summed E-state index contributed by atoms with van der Waals surface area (Å²) in [5.41, 5.74) is -0.278. The fraction of sp³-hybridized carbons (Fsp3) is 0.808. The van der Waals surface area contributed by atoms with E-state index in [4.69, 9.17) is 0 Å². The fourth-order valence-electron chi connectivity index (χ4n) is 5.22. The molecule has 1 heterocycles. The summed E-state index contributed by atoms with van der Waals surface area (Å²) >= 11 is 0. The van der Waals surface area contributed by atoms with Gasteiger partial charge in [-0.2, -0.15) is 0 Å². The van der Waals surface area contributed by atoms with Gasteiger partial charge in [0.15, 0.2) is 0 Å². The summed E-state index contributed by atoms with van der Waals surface area (Å²) < 4.78 is 0. The van der Waals surface area contributed by atoms with Crippen LogP contribution in [-0.2, 0) is 14.4 Å². The maximum absolute atomic E-state index is 13.7. The van der Waals surface area contributed by atoms with Gasteiger partial charge in [-0.3, -0.25) is 14.5 Å². The lowest BCUT2D eigenvalue weighted by atomic mass is 9.84. The van der Waals surface area contributed by atoms with E-state index in [9.17, 15) is 19.5 Å². The number of carboxylic acids is 1. The van der Waals surface area contributed by atoms with Crippen LogP contribution in [0.4, 0.5) is 0 Å².